The number of rotatable bonds is 2. The Balaban J connectivity index is 1.95. The summed E-state index contributed by atoms with van der Waals surface area (Å²) in [4.78, 5) is 19.5. The Morgan fingerprint density at radius 2 is 1.91 bits per heavy atom. The van der Waals surface area contributed by atoms with Gasteiger partial charge in [-0.05, 0) is 43.4 Å². The molecule has 1 aromatic carbocycles. The van der Waals surface area contributed by atoms with Crippen molar-refractivity contribution >= 4 is 16.8 Å². The number of carbonyl (C=O) groups excluding carboxylic acids is 1. The molecule has 1 aromatic heterocycles. The van der Waals surface area contributed by atoms with E-state index in [0.717, 1.165) is 35.4 Å². The number of ether oxygens (including phenoxy) is 1. The summed E-state index contributed by atoms with van der Waals surface area (Å²) >= 11 is 0. The molecule has 23 heavy (non-hydrogen) atoms. The van der Waals surface area contributed by atoms with Gasteiger partial charge in [0, 0.05) is 24.5 Å². The lowest BCUT2D eigenvalue weighted by molar-refractivity contribution is 0.0622. The molecule has 1 aliphatic heterocycles. The minimum atomic E-state index is 0.103. The standard InChI is InChI=1S/C19H24N2O2/c1-12-7-13(2)11-21(10-12)19(22)17-8-15-5-6-16(23-4)9-18(15)20-14(17)3/h5-6,8-9,12-13H,7,10-11H2,1-4H3. The normalized spacial score (nSPS) is 21.5. The molecule has 1 amide bonds. The SMILES string of the molecule is COc1ccc2cc(C(=O)N3CC(C)CC(C)C3)c(C)nc2c1. The van der Waals surface area contributed by atoms with E-state index >= 15 is 0 Å². The summed E-state index contributed by atoms with van der Waals surface area (Å²) in [6.45, 7) is 8.01. The average molecular weight is 312 g/mol. The van der Waals surface area contributed by atoms with E-state index in [0.29, 0.717) is 17.4 Å². The van der Waals surface area contributed by atoms with E-state index in [1.807, 2.05) is 36.1 Å². The molecule has 0 bridgehead atoms. The smallest absolute Gasteiger partial charge is 0.255 e. The highest BCUT2D eigenvalue weighted by atomic mass is 16.5. The lowest BCUT2D eigenvalue weighted by Crippen LogP contribution is -2.42. The van der Waals surface area contributed by atoms with Gasteiger partial charge in [0.1, 0.15) is 5.75 Å². The van der Waals surface area contributed by atoms with Crippen LogP contribution in [-0.4, -0.2) is 36.0 Å². The number of aryl methyl sites for hydroxylation is 1. The average Bonchev–Trinajstić information content (AvgIpc) is 2.52. The number of carbonyl (C=O) groups is 1. The van der Waals surface area contributed by atoms with E-state index in [4.69, 9.17) is 4.74 Å². The van der Waals surface area contributed by atoms with Crippen molar-refractivity contribution in [2.45, 2.75) is 27.2 Å². The van der Waals surface area contributed by atoms with Crippen molar-refractivity contribution in [2.75, 3.05) is 20.2 Å². The first-order valence-electron chi connectivity index (χ1n) is 8.22. The largest absolute Gasteiger partial charge is 0.497 e. The van der Waals surface area contributed by atoms with Gasteiger partial charge < -0.3 is 9.64 Å². The van der Waals surface area contributed by atoms with Crippen LogP contribution in [0.3, 0.4) is 0 Å². The predicted octanol–water partition coefficient (Wildman–Crippen LogP) is 3.67. The van der Waals surface area contributed by atoms with E-state index in [1.165, 1.54) is 6.42 Å². The lowest BCUT2D eigenvalue weighted by Gasteiger charge is -2.35. The number of nitrogens with zero attached hydrogens (tertiary/aromatic N) is 2. The van der Waals surface area contributed by atoms with Crippen molar-refractivity contribution in [1.82, 2.24) is 9.88 Å². The lowest BCUT2D eigenvalue weighted by atomic mass is 9.91. The highest BCUT2D eigenvalue weighted by molar-refractivity contribution is 5.98. The van der Waals surface area contributed by atoms with Crippen molar-refractivity contribution < 1.29 is 9.53 Å². The first-order valence-corrected chi connectivity index (χ1v) is 8.22. The quantitative estimate of drug-likeness (QED) is 0.849. The highest BCUT2D eigenvalue weighted by Crippen LogP contribution is 2.26. The van der Waals surface area contributed by atoms with Gasteiger partial charge in [0.15, 0.2) is 0 Å². The van der Waals surface area contributed by atoms with Gasteiger partial charge in [-0.25, -0.2) is 0 Å². The Morgan fingerprint density at radius 3 is 2.57 bits per heavy atom. The summed E-state index contributed by atoms with van der Waals surface area (Å²) in [5, 5.41) is 0.970. The maximum Gasteiger partial charge on any atom is 0.255 e. The molecular formula is C19H24N2O2. The summed E-state index contributed by atoms with van der Waals surface area (Å²) in [7, 11) is 1.64. The van der Waals surface area contributed by atoms with Crippen LogP contribution in [0.25, 0.3) is 10.9 Å². The van der Waals surface area contributed by atoms with Crippen LogP contribution in [0, 0.1) is 18.8 Å². The number of fused-ring (bicyclic) bond motifs is 1. The number of hydrogen-bond acceptors (Lipinski definition) is 3. The Bertz CT molecular complexity index is 731. The minimum absolute atomic E-state index is 0.103. The molecule has 3 rings (SSSR count). The predicted molar refractivity (Wildman–Crippen MR) is 91.9 cm³/mol. The number of pyridine rings is 1. The maximum atomic E-state index is 12.9. The molecule has 0 aliphatic carbocycles. The fourth-order valence-corrected chi connectivity index (χ4v) is 3.59. The molecule has 2 atom stereocenters. The Hall–Kier alpha value is -2.10. The van der Waals surface area contributed by atoms with Crippen molar-refractivity contribution in [3.63, 3.8) is 0 Å². The maximum absolute atomic E-state index is 12.9. The molecule has 122 valence electrons. The van der Waals surface area contributed by atoms with Gasteiger partial charge in [-0.2, -0.15) is 0 Å². The second kappa shape index (κ2) is 6.19. The van der Waals surface area contributed by atoms with E-state index in [9.17, 15) is 4.79 Å². The minimum Gasteiger partial charge on any atom is -0.497 e. The number of aromatic nitrogens is 1. The second-order valence-corrected chi connectivity index (χ2v) is 6.84. The van der Waals surface area contributed by atoms with Crippen LogP contribution in [0.4, 0.5) is 0 Å². The number of likely N-dealkylation sites (tertiary alicyclic amines) is 1. The van der Waals surface area contributed by atoms with Crippen LogP contribution in [0.1, 0.15) is 36.3 Å². The van der Waals surface area contributed by atoms with Crippen LogP contribution in [0.2, 0.25) is 0 Å². The van der Waals surface area contributed by atoms with Crippen LogP contribution in [-0.2, 0) is 0 Å². The topological polar surface area (TPSA) is 42.4 Å². The Morgan fingerprint density at radius 1 is 1.22 bits per heavy atom. The van der Waals surface area contributed by atoms with Gasteiger partial charge in [0.2, 0.25) is 0 Å². The molecule has 2 unspecified atom stereocenters. The van der Waals surface area contributed by atoms with Crippen molar-refractivity contribution in [1.29, 1.82) is 0 Å². The van der Waals surface area contributed by atoms with Crippen LogP contribution in [0.15, 0.2) is 24.3 Å². The third-order valence-corrected chi connectivity index (χ3v) is 4.60. The molecule has 1 fully saturated rings. The number of benzene rings is 1. The molecule has 2 aromatic rings. The van der Waals surface area contributed by atoms with E-state index in [-0.39, 0.29) is 5.91 Å². The molecule has 2 heterocycles. The molecular weight excluding hydrogens is 288 g/mol. The molecule has 1 aliphatic rings. The van der Waals surface area contributed by atoms with Gasteiger partial charge in [0.25, 0.3) is 5.91 Å². The van der Waals surface area contributed by atoms with Crippen LogP contribution >= 0.6 is 0 Å². The molecule has 4 heteroatoms. The zero-order valence-electron chi connectivity index (χ0n) is 14.3. The number of methoxy groups -OCH3 is 1. The van der Waals surface area contributed by atoms with Gasteiger partial charge in [-0.1, -0.05) is 13.8 Å². The monoisotopic (exact) mass is 312 g/mol. The van der Waals surface area contributed by atoms with Crippen LogP contribution in [0.5, 0.6) is 5.75 Å². The van der Waals surface area contributed by atoms with Crippen molar-refractivity contribution in [2.24, 2.45) is 11.8 Å². The third kappa shape index (κ3) is 3.16. The Labute approximate surface area is 137 Å². The van der Waals surface area contributed by atoms with E-state index in [1.54, 1.807) is 7.11 Å². The van der Waals surface area contributed by atoms with Crippen molar-refractivity contribution in [3.8, 4) is 5.75 Å². The van der Waals surface area contributed by atoms with Gasteiger partial charge in [0.05, 0.1) is 23.9 Å². The van der Waals surface area contributed by atoms with Crippen molar-refractivity contribution in [3.05, 3.63) is 35.5 Å². The van der Waals surface area contributed by atoms with E-state index < -0.39 is 0 Å². The summed E-state index contributed by atoms with van der Waals surface area (Å²) < 4.78 is 5.24. The third-order valence-electron chi connectivity index (χ3n) is 4.60. The molecule has 0 radical (unpaired) electrons. The van der Waals surface area contributed by atoms with Gasteiger partial charge >= 0.3 is 0 Å². The number of piperidine rings is 1. The molecule has 0 saturated carbocycles. The molecule has 4 nitrogen and oxygen atoms in total. The highest BCUT2D eigenvalue weighted by Gasteiger charge is 2.27. The molecule has 0 N–H and O–H groups in total. The van der Waals surface area contributed by atoms with Crippen LogP contribution < -0.4 is 4.74 Å². The zero-order chi connectivity index (χ0) is 16.6. The summed E-state index contributed by atoms with van der Waals surface area (Å²) in [6.07, 6.45) is 1.19. The van der Waals surface area contributed by atoms with Gasteiger partial charge in [-0.3, -0.25) is 9.78 Å². The molecule has 1 saturated heterocycles. The summed E-state index contributed by atoms with van der Waals surface area (Å²) in [6, 6.07) is 7.72. The fraction of sp³-hybridized carbons (Fsp3) is 0.474. The Kier molecular flexibility index (Phi) is 4.24. The molecule has 0 spiro atoms. The second-order valence-electron chi connectivity index (χ2n) is 6.84. The number of amides is 1. The van der Waals surface area contributed by atoms with E-state index in [2.05, 4.69) is 18.8 Å². The number of hydrogen-bond donors (Lipinski definition) is 0. The summed E-state index contributed by atoms with van der Waals surface area (Å²) in [5.41, 5.74) is 2.35. The first kappa shape index (κ1) is 15.8. The first-order chi connectivity index (χ1) is 11.0. The van der Waals surface area contributed by atoms with Gasteiger partial charge in [-0.15, -0.1) is 0 Å². The fourth-order valence-electron chi connectivity index (χ4n) is 3.59. The summed E-state index contributed by atoms with van der Waals surface area (Å²) in [5.74, 6) is 2.00. The zero-order valence-corrected chi connectivity index (χ0v) is 14.3.